The number of rotatable bonds is 3. The standard InChI is InChI=1S/C16H22ClFN2/c17-13-6-3-7-14(18)15(13)16(12-4-1-2-5-12)20-10-8-19-9-11-20/h3,6-7,12,16,19H,1-2,4-5,8-11H2/t16-/m1/s1. The summed E-state index contributed by atoms with van der Waals surface area (Å²) >= 11 is 6.34. The molecule has 0 aromatic heterocycles. The summed E-state index contributed by atoms with van der Waals surface area (Å²) in [5.41, 5.74) is 0.725. The van der Waals surface area contributed by atoms with Crippen molar-refractivity contribution in [2.45, 2.75) is 31.7 Å². The molecule has 0 unspecified atom stereocenters. The summed E-state index contributed by atoms with van der Waals surface area (Å²) in [6.45, 7) is 3.92. The van der Waals surface area contributed by atoms with Crippen LogP contribution in [-0.4, -0.2) is 31.1 Å². The third kappa shape index (κ3) is 2.85. The number of hydrogen-bond acceptors (Lipinski definition) is 2. The first-order chi connectivity index (χ1) is 9.77. The van der Waals surface area contributed by atoms with E-state index in [9.17, 15) is 4.39 Å². The van der Waals surface area contributed by atoms with Crippen LogP contribution in [0.2, 0.25) is 5.02 Å². The monoisotopic (exact) mass is 296 g/mol. The molecule has 0 amide bonds. The van der Waals surface area contributed by atoms with Crippen molar-refractivity contribution < 1.29 is 4.39 Å². The van der Waals surface area contributed by atoms with Crippen LogP contribution in [0.5, 0.6) is 0 Å². The molecule has 20 heavy (non-hydrogen) atoms. The Morgan fingerprint density at radius 1 is 1.20 bits per heavy atom. The highest BCUT2D eigenvalue weighted by atomic mass is 35.5. The molecule has 3 rings (SSSR count). The molecule has 1 atom stereocenters. The van der Waals surface area contributed by atoms with Crippen molar-refractivity contribution in [1.29, 1.82) is 0 Å². The molecule has 4 heteroatoms. The minimum absolute atomic E-state index is 0.145. The van der Waals surface area contributed by atoms with Gasteiger partial charge in [0.15, 0.2) is 0 Å². The average Bonchev–Trinajstić information content (AvgIpc) is 2.98. The molecule has 0 radical (unpaired) electrons. The number of nitrogens with zero attached hydrogens (tertiary/aromatic N) is 1. The van der Waals surface area contributed by atoms with E-state index >= 15 is 0 Å². The van der Waals surface area contributed by atoms with Crippen molar-refractivity contribution in [1.82, 2.24) is 10.2 Å². The van der Waals surface area contributed by atoms with Crippen molar-refractivity contribution in [2.24, 2.45) is 5.92 Å². The van der Waals surface area contributed by atoms with Gasteiger partial charge in [0.25, 0.3) is 0 Å². The molecule has 2 fully saturated rings. The lowest BCUT2D eigenvalue weighted by molar-refractivity contribution is 0.122. The lowest BCUT2D eigenvalue weighted by Crippen LogP contribution is -2.47. The van der Waals surface area contributed by atoms with Gasteiger partial charge in [0, 0.05) is 42.8 Å². The van der Waals surface area contributed by atoms with Gasteiger partial charge in [-0.05, 0) is 30.9 Å². The van der Waals surface area contributed by atoms with Crippen molar-refractivity contribution in [3.63, 3.8) is 0 Å². The van der Waals surface area contributed by atoms with Crippen molar-refractivity contribution in [3.8, 4) is 0 Å². The first-order valence-electron chi connectivity index (χ1n) is 7.66. The van der Waals surface area contributed by atoms with E-state index in [0.717, 1.165) is 31.7 Å². The van der Waals surface area contributed by atoms with Gasteiger partial charge in [0.2, 0.25) is 0 Å². The normalized spacial score (nSPS) is 23.1. The number of halogens is 2. The number of hydrogen-bond donors (Lipinski definition) is 1. The Kier molecular flexibility index (Phi) is 4.59. The van der Waals surface area contributed by atoms with E-state index in [1.54, 1.807) is 12.1 Å². The topological polar surface area (TPSA) is 15.3 Å². The molecule has 1 aliphatic heterocycles. The quantitative estimate of drug-likeness (QED) is 0.916. The smallest absolute Gasteiger partial charge is 0.129 e. The van der Waals surface area contributed by atoms with Gasteiger partial charge in [0.05, 0.1) is 0 Å². The van der Waals surface area contributed by atoms with Gasteiger partial charge in [-0.2, -0.15) is 0 Å². The zero-order valence-corrected chi connectivity index (χ0v) is 12.5. The second kappa shape index (κ2) is 6.42. The van der Waals surface area contributed by atoms with E-state index in [1.165, 1.54) is 25.7 Å². The van der Waals surface area contributed by atoms with Gasteiger partial charge in [-0.25, -0.2) is 4.39 Å². The molecule has 0 spiro atoms. The molecule has 110 valence electrons. The predicted molar refractivity (Wildman–Crippen MR) is 80.6 cm³/mol. The second-order valence-electron chi connectivity index (χ2n) is 5.91. The van der Waals surface area contributed by atoms with Gasteiger partial charge in [0.1, 0.15) is 5.82 Å². The van der Waals surface area contributed by atoms with Crippen LogP contribution in [0.1, 0.15) is 37.3 Å². The first-order valence-corrected chi connectivity index (χ1v) is 8.04. The Morgan fingerprint density at radius 3 is 2.55 bits per heavy atom. The van der Waals surface area contributed by atoms with Crippen LogP contribution in [0.3, 0.4) is 0 Å². The van der Waals surface area contributed by atoms with Crippen LogP contribution in [0.15, 0.2) is 18.2 Å². The van der Waals surface area contributed by atoms with Crippen molar-refractivity contribution >= 4 is 11.6 Å². The molecule has 1 saturated carbocycles. The average molecular weight is 297 g/mol. The fourth-order valence-corrected chi connectivity index (χ4v) is 4.02. The highest BCUT2D eigenvalue weighted by Crippen LogP contribution is 2.42. The summed E-state index contributed by atoms with van der Waals surface area (Å²) in [5.74, 6) is 0.399. The minimum Gasteiger partial charge on any atom is -0.314 e. The van der Waals surface area contributed by atoms with Crippen LogP contribution in [0.25, 0.3) is 0 Å². The SMILES string of the molecule is Fc1cccc(Cl)c1[C@@H](C1CCCC1)N1CCNCC1. The summed E-state index contributed by atoms with van der Waals surface area (Å²) in [6.07, 6.45) is 4.91. The largest absolute Gasteiger partial charge is 0.314 e. The molecule has 1 N–H and O–H groups in total. The Balaban J connectivity index is 1.95. The first kappa shape index (κ1) is 14.3. The van der Waals surface area contributed by atoms with E-state index in [2.05, 4.69) is 10.2 Å². The summed E-state index contributed by atoms with van der Waals surface area (Å²) in [6, 6.07) is 5.22. The van der Waals surface area contributed by atoms with E-state index in [4.69, 9.17) is 11.6 Å². The van der Waals surface area contributed by atoms with Crippen LogP contribution in [0.4, 0.5) is 4.39 Å². The summed E-state index contributed by atoms with van der Waals surface area (Å²) in [5, 5.41) is 3.96. The van der Waals surface area contributed by atoms with Gasteiger partial charge in [-0.15, -0.1) is 0 Å². The second-order valence-corrected chi connectivity index (χ2v) is 6.32. The summed E-state index contributed by atoms with van der Waals surface area (Å²) in [7, 11) is 0. The van der Waals surface area contributed by atoms with E-state index < -0.39 is 0 Å². The fourth-order valence-electron chi connectivity index (χ4n) is 3.74. The fraction of sp³-hybridized carbons (Fsp3) is 0.625. The molecule has 2 aliphatic rings. The van der Waals surface area contributed by atoms with E-state index in [0.29, 0.717) is 10.9 Å². The van der Waals surface area contributed by atoms with Crippen molar-refractivity contribution in [3.05, 3.63) is 34.6 Å². The molecule has 1 heterocycles. The Hall–Kier alpha value is -0.640. The predicted octanol–water partition coefficient (Wildman–Crippen LogP) is 3.62. The molecular formula is C16H22ClFN2. The number of piperazine rings is 1. The molecule has 1 aliphatic carbocycles. The molecule has 0 bridgehead atoms. The number of benzene rings is 1. The van der Waals surface area contributed by atoms with Crippen LogP contribution >= 0.6 is 11.6 Å². The Morgan fingerprint density at radius 2 is 1.90 bits per heavy atom. The molecule has 1 aromatic rings. The molecule has 1 aromatic carbocycles. The van der Waals surface area contributed by atoms with Gasteiger partial charge >= 0.3 is 0 Å². The van der Waals surface area contributed by atoms with E-state index in [-0.39, 0.29) is 11.9 Å². The Labute approximate surface area is 125 Å². The maximum Gasteiger partial charge on any atom is 0.129 e. The maximum atomic E-state index is 14.4. The Bertz CT molecular complexity index is 434. The van der Waals surface area contributed by atoms with Crippen molar-refractivity contribution in [2.75, 3.05) is 26.2 Å². The highest BCUT2D eigenvalue weighted by Gasteiger charge is 2.34. The number of nitrogens with one attached hydrogen (secondary N) is 1. The van der Waals surface area contributed by atoms with E-state index in [1.807, 2.05) is 6.07 Å². The van der Waals surface area contributed by atoms with Gasteiger partial charge in [-0.1, -0.05) is 30.5 Å². The summed E-state index contributed by atoms with van der Waals surface area (Å²) in [4.78, 5) is 2.43. The van der Waals surface area contributed by atoms with Crippen LogP contribution in [-0.2, 0) is 0 Å². The lowest BCUT2D eigenvalue weighted by atomic mass is 9.89. The van der Waals surface area contributed by atoms with Gasteiger partial charge < -0.3 is 5.32 Å². The molecule has 1 saturated heterocycles. The van der Waals surface area contributed by atoms with Crippen LogP contribution < -0.4 is 5.32 Å². The zero-order valence-electron chi connectivity index (χ0n) is 11.7. The third-order valence-electron chi connectivity index (χ3n) is 4.69. The minimum atomic E-state index is -0.145. The lowest BCUT2D eigenvalue weighted by Gasteiger charge is -2.39. The zero-order chi connectivity index (χ0) is 13.9. The van der Waals surface area contributed by atoms with Crippen LogP contribution in [0, 0.1) is 11.7 Å². The maximum absolute atomic E-state index is 14.4. The molecular weight excluding hydrogens is 275 g/mol. The molecule has 2 nitrogen and oxygen atoms in total. The van der Waals surface area contributed by atoms with Gasteiger partial charge in [-0.3, -0.25) is 4.90 Å². The highest BCUT2D eigenvalue weighted by molar-refractivity contribution is 6.31. The third-order valence-corrected chi connectivity index (χ3v) is 5.02. The summed E-state index contributed by atoms with van der Waals surface area (Å²) < 4.78 is 14.4.